The van der Waals surface area contributed by atoms with Crippen LogP contribution in [0.3, 0.4) is 0 Å². The van der Waals surface area contributed by atoms with Crippen molar-refractivity contribution < 1.29 is 5.11 Å². The Labute approximate surface area is 108 Å². The van der Waals surface area contributed by atoms with Crippen LogP contribution in [-0.4, -0.2) is 34.2 Å². The Hall–Kier alpha value is -1.17. The number of hydrazine groups is 1. The van der Waals surface area contributed by atoms with Gasteiger partial charge in [0.2, 0.25) is 0 Å². The van der Waals surface area contributed by atoms with Gasteiger partial charge >= 0.3 is 0 Å². The van der Waals surface area contributed by atoms with E-state index in [1.165, 1.54) is 5.56 Å². The van der Waals surface area contributed by atoms with E-state index in [1.807, 2.05) is 19.1 Å². The SMILES string of the molecule is CC(O)C1CCN(Cc2ccnc(NN)c2)CC1. The number of rotatable bonds is 4. The third kappa shape index (κ3) is 3.41. The molecule has 0 spiro atoms. The first-order chi connectivity index (χ1) is 8.69. The van der Waals surface area contributed by atoms with Gasteiger partial charge in [0.05, 0.1) is 6.10 Å². The number of aliphatic hydroxyl groups is 1. The highest BCUT2D eigenvalue weighted by Crippen LogP contribution is 2.22. The molecule has 2 rings (SSSR count). The van der Waals surface area contributed by atoms with E-state index in [-0.39, 0.29) is 6.10 Å². The zero-order valence-corrected chi connectivity index (χ0v) is 10.8. The molecule has 1 unspecified atom stereocenters. The summed E-state index contributed by atoms with van der Waals surface area (Å²) in [5.41, 5.74) is 3.78. The normalized spacial score (nSPS) is 19.7. The fraction of sp³-hybridized carbons (Fsp3) is 0.615. The van der Waals surface area contributed by atoms with Crippen molar-refractivity contribution in [1.82, 2.24) is 9.88 Å². The van der Waals surface area contributed by atoms with Crippen molar-refractivity contribution in [2.45, 2.75) is 32.4 Å². The van der Waals surface area contributed by atoms with Crippen molar-refractivity contribution in [1.29, 1.82) is 0 Å². The maximum atomic E-state index is 9.57. The van der Waals surface area contributed by atoms with Gasteiger partial charge in [-0.2, -0.15) is 0 Å². The molecule has 0 radical (unpaired) electrons. The second-order valence-corrected chi connectivity index (χ2v) is 5.05. The second kappa shape index (κ2) is 6.13. The predicted octanol–water partition coefficient (Wildman–Crippen LogP) is 0.960. The Bertz CT molecular complexity index is 375. The minimum atomic E-state index is -0.180. The van der Waals surface area contributed by atoms with Crippen molar-refractivity contribution in [2.24, 2.45) is 11.8 Å². The molecule has 0 saturated carbocycles. The lowest BCUT2D eigenvalue weighted by Gasteiger charge is -2.33. The van der Waals surface area contributed by atoms with Crippen LogP contribution in [0.5, 0.6) is 0 Å². The lowest BCUT2D eigenvalue weighted by molar-refractivity contribution is 0.0695. The first-order valence-electron chi connectivity index (χ1n) is 6.51. The molecule has 5 nitrogen and oxygen atoms in total. The van der Waals surface area contributed by atoms with Crippen LogP contribution in [0.4, 0.5) is 5.82 Å². The lowest BCUT2D eigenvalue weighted by Crippen LogP contribution is -2.36. The summed E-state index contributed by atoms with van der Waals surface area (Å²) in [4.78, 5) is 6.51. The van der Waals surface area contributed by atoms with Crippen LogP contribution < -0.4 is 11.3 Å². The van der Waals surface area contributed by atoms with Gasteiger partial charge in [0.15, 0.2) is 0 Å². The van der Waals surface area contributed by atoms with Gasteiger partial charge in [-0.15, -0.1) is 0 Å². The molecule has 1 aromatic rings. The van der Waals surface area contributed by atoms with E-state index in [9.17, 15) is 5.11 Å². The van der Waals surface area contributed by atoms with Gasteiger partial charge in [-0.05, 0) is 56.5 Å². The molecule has 1 aromatic heterocycles. The highest BCUT2D eigenvalue weighted by molar-refractivity contribution is 5.35. The monoisotopic (exact) mass is 250 g/mol. The van der Waals surface area contributed by atoms with E-state index in [2.05, 4.69) is 15.3 Å². The number of nitrogen functional groups attached to an aromatic ring is 1. The molecular weight excluding hydrogens is 228 g/mol. The quantitative estimate of drug-likeness (QED) is 0.548. The Balaban J connectivity index is 1.87. The van der Waals surface area contributed by atoms with Gasteiger partial charge in [0.1, 0.15) is 5.82 Å². The highest BCUT2D eigenvalue weighted by atomic mass is 16.3. The summed E-state index contributed by atoms with van der Waals surface area (Å²) in [6.45, 7) is 4.90. The number of piperidine rings is 1. The van der Waals surface area contributed by atoms with Gasteiger partial charge in [-0.3, -0.25) is 4.90 Å². The molecule has 18 heavy (non-hydrogen) atoms. The smallest absolute Gasteiger partial charge is 0.140 e. The molecule has 4 N–H and O–H groups in total. The molecule has 0 aliphatic carbocycles. The summed E-state index contributed by atoms with van der Waals surface area (Å²) >= 11 is 0. The van der Waals surface area contributed by atoms with E-state index in [0.29, 0.717) is 11.7 Å². The third-order valence-corrected chi connectivity index (χ3v) is 3.69. The molecule has 2 heterocycles. The maximum Gasteiger partial charge on any atom is 0.140 e. The number of pyridine rings is 1. The van der Waals surface area contributed by atoms with Crippen molar-refractivity contribution in [3.8, 4) is 0 Å². The summed E-state index contributed by atoms with van der Waals surface area (Å²) in [6, 6.07) is 3.99. The molecule has 1 fully saturated rings. The van der Waals surface area contributed by atoms with Crippen molar-refractivity contribution in [2.75, 3.05) is 18.5 Å². The van der Waals surface area contributed by atoms with Crippen LogP contribution in [-0.2, 0) is 6.54 Å². The summed E-state index contributed by atoms with van der Waals surface area (Å²) < 4.78 is 0. The number of nitrogens with one attached hydrogen (secondary N) is 1. The summed E-state index contributed by atoms with van der Waals surface area (Å²) in [6.07, 6.45) is 3.74. The molecule has 0 bridgehead atoms. The van der Waals surface area contributed by atoms with Crippen LogP contribution in [0.25, 0.3) is 0 Å². The summed E-state index contributed by atoms with van der Waals surface area (Å²) in [7, 11) is 0. The van der Waals surface area contributed by atoms with Gasteiger partial charge in [0.25, 0.3) is 0 Å². The number of nitrogens with zero attached hydrogens (tertiary/aromatic N) is 2. The molecule has 0 amide bonds. The molecular formula is C13H22N4O. The minimum Gasteiger partial charge on any atom is -0.393 e. The fourth-order valence-electron chi connectivity index (χ4n) is 2.50. The van der Waals surface area contributed by atoms with Gasteiger partial charge in [0, 0.05) is 12.7 Å². The number of likely N-dealkylation sites (tertiary alicyclic amines) is 1. The molecule has 1 aliphatic heterocycles. The Morgan fingerprint density at radius 1 is 1.56 bits per heavy atom. The van der Waals surface area contributed by atoms with Crippen LogP contribution in [0.15, 0.2) is 18.3 Å². The molecule has 100 valence electrons. The first-order valence-corrected chi connectivity index (χ1v) is 6.51. The number of aliphatic hydroxyl groups excluding tert-OH is 1. The molecule has 5 heteroatoms. The topological polar surface area (TPSA) is 74.4 Å². The molecule has 1 aliphatic rings. The second-order valence-electron chi connectivity index (χ2n) is 5.05. The van der Waals surface area contributed by atoms with Gasteiger partial charge in [-0.25, -0.2) is 10.8 Å². The number of anilines is 1. The minimum absolute atomic E-state index is 0.180. The summed E-state index contributed by atoms with van der Waals surface area (Å²) in [5.74, 6) is 6.51. The molecule has 1 saturated heterocycles. The third-order valence-electron chi connectivity index (χ3n) is 3.69. The maximum absolute atomic E-state index is 9.57. The van der Waals surface area contributed by atoms with E-state index in [0.717, 1.165) is 32.5 Å². The molecule has 0 aromatic carbocycles. The van der Waals surface area contributed by atoms with Crippen molar-refractivity contribution in [3.05, 3.63) is 23.9 Å². The average Bonchev–Trinajstić information content (AvgIpc) is 2.39. The Kier molecular flexibility index (Phi) is 4.52. The average molecular weight is 250 g/mol. The Morgan fingerprint density at radius 3 is 2.89 bits per heavy atom. The van der Waals surface area contributed by atoms with E-state index in [4.69, 9.17) is 5.84 Å². The number of hydrogen-bond donors (Lipinski definition) is 3. The van der Waals surface area contributed by atoms with Gasteiger partial charge in [-0.1, -0.05) is 0 Å². The van der Waals surface area contributed by atoms with Crippen molar-refractivity contribution in [3.63, 3.8) is 0 Å². The van der Waals surface area contributed by atoms with Gasteiger partial charge < -0.3 is 10.5 Å². The van der Waals surface area contributed by atoms with Crippen LogP contribution in [0.1, 0.15) is 25.3 Å². The van der Waals surface area contributed by atoms with E-state index in [1.54, 1.807) is 6.20 Å². The predicted molar refractivity (Wildman–Crippen MR) is 71.7 cm³/mol. The van der Waals surface area contributed by atoms with Crippen LogP contribution >= 0.6 is 0 Å². The Morgan fingerprint density at radius 2 is 2.28 bits per heavy atom. The standard InChI is InChI=1S/C13H22N4O/c1-10(18)12-3-6-17(7-4-12)9-11-2-5-15-13(8-11)16-14/h2,5,8,10,12,18H,3-4,6-7,9,14H2,1H3,(H,15,16). The van der Waals surface area contributed by atoms with Crippen molar-refractivity contribution >= 4 is 5.82 Å². The van der Waals surface area contributed by atoms with Crippen LogP contribution in [0.2, 0.25) is 0 Å². The van der Waals surface area contributed by atoms with E-state index >= 15 is 0 Å². The first kappa shape index (κ1) is 13.3. The fourth-order valence-corrected chi connectivity index (χ4v) is 2.50. The van der Waals surface area contributed by atoms with Crippen LogP contribution in [0, 0.1) is 5.92 Å². The zero-order chi connectivity index (χ0) is 13.0. The zero-order valence-electron chi connectivity index (χ0n) is 10.8. The lowest BCUT2D eigenvalue weighted by atomic mass is 9.92. The largest absolute Gasteiger partial charge is 0.393 e. The summed E-state index contributed by atoms with van der Waals surface area (Å²) in [5, 5.41) is 9.57. The number of aromatic nitrogens is 1. The van der Waals surface area contributed by atoms with E-state index < -0.39 is 0 Å². The molecule has 1 atom stereocenters. The number of hydrogen-bond acceptors (Lipinski definition) is 5. The highest BCUT2D eigenvalue weighted by Gasteiger charge is 2.22. The number of nitrogens with two attached hydrogens (primary N) is 1.